The van der Waals surface area contributed by atoms with Crippen LogP contribution in [0.25, 0.3) is 11.5 Å². The molecule has 0 aliphatic heterocycles. The van der Waals surface area contributed by atoms with Crippen molar-refractivity contribution < 1.29 is 0 Å². The van der Waals surface area contributed by atoms with Crippen LogP contribution >= 0.6 is 0 Å². The largest absolute Gasteiger partial charge is 0.370 e. The molecule has 114 valence electrons. The molecule has 5 heteroatoms. The van der Waals surface area contributed by atoms with Crippen LogP contribution < -0.4 is 5.32 Å². The van der Waals surface area contributed by atoms with Crippen molar-refractivity contribution in [2.75, 3.05) is 11.9 Å². The molecule has 2 heterocycles. The summed E-state index contributed by atoms with van der Waals surface area (Å²) in [5, 5.41) is 3.36. The van der Waals surface area contributed by atoms with E-state index >= 15 is 0 Å². The second kappa shape index (κ2) is 7.20. The lowest BCUT2D eigenvalue weighted by atomic mass is 10.2. The number of imidazole rings is 1. The average Bonchev–Trinajstić information content (AvgIpc) is 2.93. The molecule has 2 aromatic heterocycles. The lowest BCUT2D eigenvalue weighted by molar-refractivity contribution is 0.682. The maximum absolute atomic E-state index is 4.69. The number of anilines is 1. The molecule has 0 fully saturated rings. The quantitative estimate of drug-likeness (QED) is 0.843. The van der Waals surface area contributed by atoms with Crippen LogP contribution in [0.4, 0.5) is 5.82 Å². The fourth-order valence-corrected chi connectivity index (χ4v) is 2.15. The van der Waals surface area contributed by atoms with Gasteiger partial charge in [0.15, 0.2) is 5.82 Å². The van der Waals surface area contributed by atoms with E-state index in [4.69, 9.17) is 4.98 Å². The molecule has 0 bridgehead atoms. The Morgan fingerprint density at radius 3 is 2.67 bits per heavy atom. The number of aromatic nitrogens is 4. The normalized spacial score (nSPS) is 11.1. The molecule has 0 saturated carbocycles. The first-order valence-electron chi connectivity index (χ1n) is 7.80. The number of aryl methyl sites for hydroxylation is 1. The number of nitrogens with one attached hydrogen (secondary N) is 1. The maximum atomic E-state index is 4.69. The van der Waals surface area contributed by atoms with Gasteiger partial charge in [0.25, 0.3) is 0 Å². The molecule has 2 rings (SSSR count). The highest BCUT2D eigenvalue weighted by Gasteiger charge is 2.13. The SMILES string of the molecule is CCCNc1cc(-c2nccn2CCC)nc(C(C)C)n1. The summed E-state index contributed by atoms with van der Waals surface area (Å²) in [6.07, 6.45) is 5.99. The van der Waals surface area contributed by atoms with Gasteiger partial charge in [-0.3, -0.25) is 0 Å². The highest BCUT2D eigenvalue weighted by atomic mass is 15.1. The first kappa shape index (κ1) is 15.5. The Morgan fingerprint density at radius 1 is 1.19 bits per heavy atom. The van der Waals surface area contributed by atoms with Gasteiger partial charge in [0.2, 0.25) is 0 Å². The van der Waals surface area contributed by atoms with Crippen molar-refractivity contribution in [3.05, 3.63) is 24.3 Å². The van der Waals surface area contributed by atoms with Gasteiger partial charge in [0.05, 0.1) is 0 Å². The molecule has 21 heavy (non-hydrogen) atoms. The summed E-state index contributed by atoms with van der Waals surface area (Å²) < 4.78 is 2.15. The summed E-state index contributed by atoms with van der Waals surface area (Å²) in [4.78, 5) is 13.8. The molecule has 0 unspecified atom stereocenters. The molecule has 0 spiro atoms. The monoisotopic (exact) mass is 287 g/mol. The van der Waals surface area contributed by atoms with E-state index in [1.807, 2.05) is 18.5 Å². The third-order valence-electron chi connectivity index (χ3n) is 3.23. The Morgan fingerprint density at radius 2 is 2.00 bits per heavy atom. The molecule has 0 radical (unpaired) electrons. The van der Waals surface area contributed by atoms with Crippen molar-refractivity contribution in [1.82, 2.24) is 19.5 Å². The van der Waals surface area contributed by atoms with Crippen LogP contribution in [0.3, 0.4) is 0 Å². The third-order valence-corrected chi connectivity index (χ3v) is 3.23. The Hall–Kier alpha value is -1.91. The average molecular weight is 287 g/mol. The van der Waals surface area contributed by atoms with Crippen molar-refractivity contribution in [1.29, 1.82) is 0 Å². The fraction of sp³-hybridized carbons (Fsp3) is 0.562. The Balaban J connectivity index is 2.41. The molecule has 5 nitrogen and oxygen atoms in total. The third kappa shape index (κ3) is 3.80. The van der Waals surface area contributed by atoms with Gasteiger partial charge in [0.1, 0.15) is 17.3 Å². The highest BCUT2D eigenvalue weighted by Crippen LogP contribution is 2.21. The fourth-order valence-electron chi connectivity index (χ4n) is 2.15. The van der Waals surface area contributed by atoms with Crippen molar-refractivity contribution in [3.8, 4) is 11.5 Å². The minimum absolute atomic E-state index is 0.293. The second-order valence-electron chi connectivity index (χ2n) is 5.52. The first-order chi connectivity index (χ1) is 10.2. The Bertz CT molecular complexity index is 574. The Labute approximate surface area is 126 Å². The minimum atomic E-state index is 0.293. The molecule has 0 saturated heterocycles. The van der Waals surface area contributed by atoms with Crippen LogP contribution in [0.2, 0.25) is 0 Å². The van der Waals surface area contributed by atoms with E-state index in [-0.39, 0.29) is 0 Å². The van der Waals surface area contributed by atoms with Crippen LogP contribution in [0, 0.1) is 0 Å². The van der Waals surface area contributed by atoms with E-state index in [2.05, 4.69) is 47.5 Å². The van der Waals surface area contributed by atoms with Gasteiger partial charge in [0, 0.05) is 37.5 Å². The second-order valence-corrected chi connectivity index (χ2v) is 5.52. The van der Waals surface area contributed by atoms with Crippen molar-refractivity contribution in [2.45, 2.75) is 53.0 Å². The zero-order valence-electron chi connectivity index (χ0n) is 13.4. The molecule has 0 aromatic carbocycles. The molecule has 2 aromatic rings. The van der Waals surface area contributed by atoms with Crippen LogP contribution in [-0.2, 0) is 6.54 Å². The van der Waals surface area contributed by atoms with Crippen molar-refractivity contribution in [3.63, 3.8) is 0 Å². The summed E-state index contributed by atoms with van der Waals surface area (Å²) in [5.41, 5.74) is 0.894. The predicted octanol–water partition coefficient (Wildman–Crippen LogP) is 3.70. The van der Waals surface area contributed by atoms with Gasteiger partial charge in [-0.05, 0) is 12.8 Å². The van der Waals surface area contributed by atoms with Crippen LogP contribution in [-0.4, -0.2) is 26.1 Å². The molecule has 0 aliphatic carbocycles. The predicted molar refractivity (Wildman–Crippen MR) is 86.4 cm³/mol. The van der Waals surface area contributed by atoms with Gasteiger partial charge in [-0.2, -0.15) is 0 Å². The van der Waals surface area contributed by atoms with Crippen LogP contribution in [0.15, 0.2) is 18.5 Å². The molecular formula is C16H25N5. The summed E-state index contributed by atoms with van der Waals surface area (Å²) in [6.45, 7) is 10.4. The van der Waals surface area contributed by atoms with Gasteiger partial charge < -0.3 is 9.88 Å². The van der Waals surface area contributed by atoms with Gasteiger partial charge >= 0.3 is 0 Å². The smallest absolute Gasteiger partial charge is 0.158 e. The highest BCUT2D eigenvalue weighted by molar-refractivity contribution is 5.56. The summed E-state index contributed by atoms with van der Waals surface area (Å²) in [7, 11) is 0. The van der Waals surface area contributed by atoms with Gasteiger partial charge in [-0.25, -0.2) is 15.0 Å². The number of hydrogen-bond acceptors (Lipinski definition) is 4. The van der Waals surface area contributed by atoms with Gasteiger partial charge in [-0.15, -0.1) is 0 Å². The Kier molecular flexibility index (Phi) is 5.31. The molecule has 1 N–H and O–H groups in total. The standard InChI is InChI=1S/C16H25N5/c1-5-7-17-14-11-13(19-15(20-14)12(3)4)16-18-8-10-21(16)9-6-2/h8,10-12H,5-7,9H2,1-4H3,(H,17,19,20). The zero-order chi connectivity index (χ0) is 15.2. The van der Waals surface area contributed by atoms with Crippen LogP contribution in [0.5, 0.6) is 0 Å². The van der Waals surface area contributed by atoms with Crippen LogP contribution in [0.1, 0.15) is 52.3 Å². The summed E-state index contributed by atoms with van der Waals surface area (Å²) in [5.74, 6) is 2.95. The number of rotatable bonds is 7. The minimum Gasteiger partial charge on any atom is -0.370 e. The van der Waals surface area contributed by atoms with Crippen molar-refractivity contribution >= 4 is 5.82 Å². The van der Waals surface area contributed by atoms with E-state index in [0.29, 0.717) is 5.92 Å². The number of hydrogen-bond donors (Lipinski definition) is 1. The molecular weight excluding hydrogens is 262 g/mol. The van der Waals surface area contributed by atoms with Crippen molar-refractivity contribution in [2.24, 2.45) is 0 Å². The molecule has 0 atom stereocenters. The van der Waals surface area contributed by atoms with E-state index < -0.39 is 0 Å². The topological polar surface area (TPSA) is 55.6 Å². The maximum Gasteiger partial charge on any atom is 0.158 e. The molecule has 0 aliphatic rings. The summed E-state index contributed by atoms with van der Waals surface area (Å²) in [6, 6.07) is 2.00. The lowest BCUT2D eigenvalue weighted by Crippen LogP contribution is -2.08. The first-order valence-corrected chi connectivity index (χ1v) is 7.80. The lowest BCUT2D eigenvalue weighted by Gasteiger charge is -2.12. The van der Waals surface area contributed by atoms with E-state index in [0.717, 1.165) is 49.1 Å². The van der Waals surface area contributed by atoms with E-state index in [1.165, 1.54) is 0 Å². The van der Waals surface area contributed by atoms with Gasteiger partial charge in [-0.1, -0.05) is 27.7 Å². The number of nitrogens with zero attached hydrogens (tertiary/aromatic N) is 4. The molecule has 0 amide bonds. The summed E-state index contributed by atoms with van der Waals surface area (Å²) >= 11 is 0. The van der Waals surface area contributed by atoms with E-state index in [1.54, 1.807) is 0 Å². The van der Waals surface area contributed by atoms with E-state index in [9.17, 15) is 0 Å². The zero-order valence-corrected chi connectivity index (χ0v) is 13.4.